The third-order valence-electron chi connectivity index (χ3n) is 5.66. The largest absolute Gasteiger partial charge is 0.495 e. The first-order chi connectivity index (χ1) is 18.7. The number of hydrogen-bond donors (Lipinski definition) is 1. The molecule has 4 rings (SSSR count). The fourth-order valence-electron chi connectivity index (χ4n) is 3.78. The Hall–Kier alpha value is -4.71. The van der Waals surface area contributed by atoms with E-state index < -0.39 is 10.8 Å². The molecule has 11 nitrogen and oxygen atoms in total. The van der Waals surface area contributed by atoms with Gasteiger partial charge in [0.1, 0.15) is 5.75 Å². The van der Waals surface area contributed by atoms with E-state index in [1.54, 1.807) is 49.4 Å². The second kappa shape index (κ2) is 11.8. The number of methoxy groups -OCH3 is 2. The average Bonchev–Trinajstić information content (AvgIpc) is 3.20. The Morgan fingerprint density at radius 1 is 1.10 bits per heavy atom. The van der Waals surface area contributed by atoms with Gasteiger partial charge in [-0.15, -0.1) is 0 Å². The number of nitro benzene ring substituents is 1. The van der Waals surface area contributed by atoms with E-state index in [0.29, 0.717) is 49.9 Å². The molecule has 0 fully saturated rings. The number of carbonyl (C=O) groups is 2. The van der Waals surface area contributed by atoms with Crippen LogP contribution in [0.4, 0.5) is 17.1 Å². The van der Waals surface area contributed by atoms with Crippen LogP contribution in [0.15, 0.2) is 75.8 Å². The van der Waals surface area contributed by atoms with Gasteiger partial charge in [0.2, 0.25) is 0 Å². The number of carbonyl (C=O) groups excluding carboxylic acids is 2. The minimum atomic E-state index is -0.513. The van der Waals surface area contributed by atoms with E-state index in [-0.39, 0.29) is 18.2 Å². The number of hydrogen-bond acceptors (Lipinski definition) is 8. The molecule has 0 aliphatic carbocycles. The number of para-hydroxylation sites is 2. The van der Waals surface area contributed by atoms with Crippen LogP contribution in [0.5, 0.6) is 17.2 Å². The molecule has 1 N–H and O–H groups in total. The zero-order valence-corrected chi connectivity index (χ0v) is 22.7. The number of benzene rings is 3. The molecule has 12 heteroatoms. The number of non-ortho nitro benzene ring substituents is 1. The van der Waals surface area contributed by atoms with Gasteiger partial charge in [-0.25, -0.2) is 0 Å². The van der Waals surface area contributed by atoms with E-state index in [1.807, 2.05) is 0 Å². The zero-order valence-electron chi connectivity index (χ0n) is 21.1. The standard InChI is InChI=1S/C27H23BrN4O7/c1-16-20(27(34)31(30-16)18-8-10-19(11-9-18)32(35)36)12-17-13-21(28)26(24(14-17)38-3)39-15-25(33)29-22-6-4-5-7-23(22)37-2/h4-14H,15H2,1-3H3,(H,29,33). The highest BCUT2D eigenvalue weighted by Gasteiger charge is 2.29. The SMILES string of the molecule is COc1ccccc1NC(=O)COc1c(Br)cc(C=C2C(=O)N(c3ccc([N+](=O)[O-])cc3)N=C2C)cc1OC. The summed E-state index contributed by atoms with van der Waals surface area (Å²) in [6.07, 6.45) is 1.65. The summed E-state index contributed by atoms with van der Waals surface area (Å²) in [6, 6.07) is 16.0. The summed E-state index contributed by atoms with van der Waals surface area (Å²) >= 11 is 3.46. The number of hydrazone groups is 1. The minimum Gasteiger partial charge on any atom is -0.495 e. The molecule has 0 spiro atoms. The van der Waals surface area contributed by atoms with Crippen molar-refractivity contribution in [2.24, 2.45) is 5.10 Å². The third-order valence-corrected chi connectivity index (χ3v) is 6.25. The van der Waals surface area contributed by atoms with E-state index in [0.717, 1.165) is 0 Å². The van der Waals surface area contributed by atoms with Crippen molar-refractivity contribution in [3.8, 4) is 17.2 Å². The Morgan fingerprint density at radius 3 is 2.46 bits per heavy atom. The highest BCUT2D eigenvalue weighted by Crippen LogP contribution is 2.38. The first-order valence-electron chi connectivity index (χ1n) is 11.5. The Labute approximate surface area is 231 Å². The third kappa shape index (κ3) is 6.07. The molecule has 0 saturated carbocycles. The van der Waals surface area contributed by atoms with Crippen molar-refractivity contribution in [3.63, 3.8) is 0 Å². The molecule has 0 aromatic heterocycles. The van der Waals surface area contributed by atoms with Crippen molar-refractivity contribution < 1.29 is 28.7 Å². The lowest BCUT2D eigenvalue weighted by Gasteiger charge is -2.14. The lowest BCUT2D eigenvalue weighted by atomic mass is 10.1. The van der Waals surface area contributed by atoms with Crippen LogP contribution in [0.1, 0.15) is 12.5 Å². The molecular formula is C27H23BrN4O7. The molecule has 39 heavy (non-hydrogen) atoms. The molecule has 1 aliphatic heterocycles. The molecule has 0 saturated heterocycles. The van der Waals surface area contributed by atoms with Crippen molar-refractivity contribution in [2.45, 2.75) is 6.92 Å². The Kier molecular flexibility index (Phi) is 8.25. The van der Waals surface area contributed by atoms with Crippen molar-refractivity contribution in [1.29, 1.82) is 0 Å². The fraction of sp³-hybridized carbons (Fsp3) is 0.148. The predicted molar refractivity (Wildman–Crippen MR) is 149 cm³/mol. The second-order valence-electron chi connectivity index (χ2n) is 8.21. The topological polar surface area (TPSA) is 133 Å². The quantitative estimate of drug-likeness (QED) is 0.204. The number of nitrogens with zero attached hydrogens (tertiary/aromatic N) is 3. The van der Waals surface area contributed by atoms with E-state index in [4.69, 9.17) is 14.2 Å². The molecule has 3 aromatic rings. The highest BCUT2D eigenvalue weighted by molar-refractivity contribution is 9.10. The number of rotatable bonds is 9. The fourth-order valence-corrected chi connectivity index (χ4v) is 4.35. The number of ether oxygens (including phenoxy) is 3. The van der Waals surface area contributed by atoms with E-state index in [1.165, 1.54) is 43.5 Å². The van der Waals surface area contributed by atoms with E-state index >= 15 is 0 Å². The van der Waals surface area contributed by atoms with Crippen LogP contribution in [-0.2, 0) is 9.59 Å². The molecule has 0 bridgehead atoms. The molecule has 1 heterocycles. The number of nitrogens with one attached hydrogen (secondary N) is 1. The van der Waals surface area contributed by atoms with Crippen LogP contribution >= 0.6 is 15.9 Å². The summed E-state index contributed by atoms with van der Waals surface area (Å²) in [5.74, 6) is 0.396. The molecule has 0 atom stereocenters. The summed E-state index contributed by atoms with van der Waals surface area (Å²) in [7, 11) is 2.98. The van der Waals surface area contributed by atoms with Gasteiger partial charge in [0.05, 0.1) is 46.3 Å². The van der Waals surface area contributed by atoms with Gasteiger partial charge < -0.3 is 19.5 Å². The molecule has 3 aromatic carbocycles. The lowest BCUT2D eigenvalue weighted by molar-refractivity contribution is -0.384. The lowest BCUT2D eigenvalue weighted by Crippen LogP contribution is -2.21. The Morgan fingerprint density at radius 2 is 1.79 bits per heavy atom. The summed E-state index contributed by atoms with van der Waals surface area (Å²) in [5, 5.41) is 19.2. The van der Waals surface area contributed by atoms with Crippen molar-refractivity contribution in [2.75, 3.05) is 31.2 Å². The van der Waals surface area contributed by atoms with Gasteiger partial charge in [0.15, 0.2) is 18.1 Å². The number of amides is 2. The normalized spacial score (nSPS) is 13.7. The molecule has 200 valence electrons. The van der Waals surface area contributed by atoms with Crippen LogP contribution in [-0.4, -0.2) is 43.3 Å². The van der Waals surface area contributed by atoms with Crippen molar-refractivity contribution in [3.05, 3.63) is 86.4 Å². The van der Waals surface area contributed by atoms with E-state index in [2.05, 4.69) is 26.3 Å². The van der Waals surface area contributed by atoms with Gasteiger partial charge >= 0.3 is 0 Å². The number of halogens is 1. The Balaban J connectivity index is 1.50. The summed E-state index contributed by atoms with van der Waals surface area (Å²) in [5.41, 5.74) is 2.27. The number of nitro groups is 1. The van der Waals surface area contributed by atoms with Gasteiger partial charge in [-0.3, -0.25) is 19.7 Å². The van der Waals surface area contributed by atoms with Crippen molar-refractivity contribution in [1.82, 2.24) is 0 Å². The van der Waals surface area contributed by atoms with Gasteiger partial charge in [0, 0.05) is 12.1 Å². The van der Waals surface area contributed by atoms with Gasteiger partial charge in [-0.1, -0.05) is 12.1 Å². The van der Waals surface area contributed by atoms with Gasteiger partial charge in [0.25, 0.3) is 17.5 Å². The molecule has 0 unspecified atom stereocenters. The maximum absolute atomic E-state index is 13.1. The van der Waals surface area contributed by atoms with Crippen LogP contribution in [0.2, 0.25) is 0 Å². The van der Waals surface area contributed by atoms with Crippen LogP contribution in [0.25, 0.3) is 6.08 Å². The van der Waals surface area contributed by atoms with Crippen LogP contribution in [0, 0.1) is 10.1 Å². The van der Waals surface area contributed by atoms with E-state index in [9.17, 15) is 19.7 Å². The molecule has 1 aliphatic rings. The Bertz CT molecular complexity index is 1500. The molecule has 2 amide bonds. The summed E-state index contributed by atoms with van der Waals surface area (Å²) in [4.78, 5) is 36.0. The summed E-state index contributed by atoms with van der Waals surface area (Å²) < 4.78 is 17.0. The maximum Gasteiger partial charge on any atom is 0.280 e. The monoisotopic (exact) mass is 594 g/mol. The van der Waals surface area contributed by atoms with Crippen LogP contribution < -0.4 is 24.5 Å². The predicted octanol–water partition coefficient (Wildman–Crippen LogP) is 5.20. The average molecular weight is 595 g/mol. The van der Waals surface area contributed by atoms with Gasteiger partial charge in [-0.2, -0.15) is 10.1 Å². The van der Waals surface area contributed by atoms with Crippen molar-refractivity contribution >= 4 is 56.6 Å². The minimum absolute atomic E-state index is 0.0848. The second-order valence-corrected chi connectivity index (χ2v) is 9.06. The first-order valence-corrected chi connectivity index (χ1v) is 12.3. The zero-order chi connectivity index (χ0) is 28.1. The highest BCUT2D eigenvalue weighted by atomic mass is 79.9. The van der Waals surface area contributed by atoms with Gasteiger partial charge in [-0.05, 0) is 70.9 Å². The number of anilines is 2. The molecular weight excluding hydrogens is 572 g/mol. The molecule has 0 radical (unpaired) electrons. The first kappa shape index (κ1) is 27.3. The van der Waals surface area contributed by atoms with Crippen LogP contribution in [0.3, 0.4) is 0 Å². The summed E-state index contributed by atoms with van der Waals surface area (Å²) in [6.45, 7) is 1.40. The smallest absolute Gasteiger partial charge is 0.280 e. The maximum atomic E-state index is 13.1.